The predicted molar refractivity (Wildman–Crippen MR) is 141 cm³/mol. The first-order chi connectivity index (χ1) is 17.1. The van der Waals surface area contributed by atoms with Gasteiger partial charge >= 0.3 is 5.97 Å². The monoisotopic (exact) mass is 484 g/mol. The van der Waals surface area contributed by atoms with Crippen molar-refractivity contribution in [3.8, 4) is 22.9 Å². The number of ether oxygens (including phenoxy) is 3. The molecule has 1 aromatic carbocycles. The third kappa shape index (κ3) is 12.2. The van der Waals surface area contributed by atoms with E-state index in [9.17, 15) is 4.79 Å². The maximum atomic E-state index is 12.3. The summed E-state index contributed by atoms with van der Waals surface area (Å²) < 4.78 is 16.8. The molecule has 0 fully saturated rings. The Morgan fingerprint density at radius 1 is 0.743 bits per heavy atom. The fourth-order valence-corrected chi connectivity index (χ4v) is 3.69. The van der Waals surface area contributed by atoms with E-state index in [2.05, 4.69) is 23.8 Å². The molecule has 1 aromatic heterocycles. The van der Waals surface area contributed by atoms with E-state index in [4.69, 9.17) is 14.2 Å². The number of esters is 1. The van der Waals surface area contributed by atoms with Gasteiger partial charge in [0.2, 0.25) is 0 Å². The molecule has 194 valence electrons. The van der Waals surface area contributed by atoms with Crippen LogP contribution in [-0.2, 0) is 9.53 Å². The molecule has 0 amide bonds. The number of hydrogen-bond acceptors (Lipinski definition) is 6. The molecule has 6 heteroatoms. The Kier molecular flexibility index (Phi) is 14.7. The topological polar surface area (TPSA) is 70.5 Å². The number of carbonyl (C=O) groups excluding carboxylic acids is 1. The quantitative estimate of drug-likeness (QED) is 0.116. The number of rotatable bonds is 19. The summed E-state index contributed by atoms with van der Waals surface area (Å²) in [6, 6.07) is 7.19. The van der Waals surface area contributed by atoms with Gasteiger partial charge in [-0.3, -0.25) is 0 Å². The van der Waals surface area contributed by atoms with Gasteiger partial charge in [-0.25, -0.2) is 14.8 Å². The first-order valence-corrected chi connectivity index (χ1v) is 13.5. The lowest BCUT2D eigenvalue weighted by molar-refractivity contribution is -0.146. The van der Waals surface area contributed by atoms with Gasteiger partial charge in [-0.05, 0) is 44.0 Å². The van der Waals surface area contributed by atoms with Crippen LogP contribution in [0, 0.1) is 0 Å². The van der Waals surface area contributed by atoms with Gasteiger partial charge in [0.1, 0.15) is 5.75 Å². The molecule has 1 atom stereocenters. The molecule has 0 saturated carbocycles. The lowest BCUT2D eigenvalue weighted by atomic mass is 10.1. The summed E-state index contributed by atoms with van der Waals surface area (Å²) in [5.74, 6) is 1.38. The fraction of sp³-hybridized carbons (Fsp3) is 0.621. The van der Waals surface area contributed by atoms with Crippen molar-refractivity contribution in [3.05, 3.63) is 36.7 Å². The highest BCUT2D eigenvalue weighted by Crippen LogP contribution is 2.21. The molecular formula is C29H44N2O4. The Balaban J connectivity index is 1.69. The number of unbranched alkanes of at least 4 members (excludes halogenated alkanes) is 10. The molecule has 35 heavy (non-hydrogen) atoms. The Labute approximate surface area is 211 Å². The van der Waals surface area contributed by atoms with E-state index < -0.39 is 6.10 Å². The highest BCUT2D eigenvalue weighted by molar-refractivity contribution is 5.77. The summed E-state index contributed by atoms with van der Waals surface area (Å²) in [7, 11) is 0. The van der Waals surface area contributed by atoms with Crippen LogP contribution in [0.1, 0.15) is 97.8 Å². The van der Waals surface area contributed by atoms with E-state index >= 15 is 0 Å². The highest BCUT2D eigenvalue weighted by Gasteiger charge is 2.16. The number of nitrogens with zero attached hydrogens (tertiary/aromatic N) is 2. The van der Waals surface area contributed by atoms with Crippen molar-refractivity contribution in [2.45, 2.75) is 104 Å². The number of aromatic nitrogens is 2. The van der Waals surface area contributed by atoms with Crippen LogP contribution in [0.5, 0.6) is 11.5 Å². The van der Waals surface area contributed by atoms with Crippen LogP contribution in [0.2, 0.25) is 0 Å². The van der Waals surface area contributed by atoms with Crippen molar-refractivity contribution in [1.82, 2.24) is 9.97 Å². The van der Waals surface area contributed by atoms with Crippen molar-refractivity contribution in [3.63, 3.8) is 0 Å². The molecule has 2 rings (SSSR count). The lowest BCUT2D eigenvalue weighted by Gasteiger charge is -2.12. The number of hydrogen-bond donors (Lipinski definition) is 0. The van der Waals surface area contributed by atoms with Crippen LogP contribution in [0.4, 0.5) is 0 Å². The standard InChI is InChI=1S/C29H44N2O4/c1-4-6-8-10-11-13-15-21-34-27-22-30-28(31-23-27)25-16-18-26(19-17-25)35-29(32)24(3)33-20-14-12-9-7-5-2/h16-19,22-24H,4-15,20-21H2,1-3H3. The minimum atomic E-state index is -0.585. The van der Waals surface area contributed by atoms with E-state index in [0.29, 0.717) is 30.5 Å². The molecule has 6 nitrogen and oxygen atoms in total. The Bertz CT molecular complexity index is 808. The molecule has 0 radical (unpaired) electrons. The molecule has 0 aliphatic rings. The zero-order valence-corrected chi connectivity index (χ0v) is 22.0. The maximum absolute atomic E-state index is 12.3. The minimum absolute atomic E-state index is 0.384. The zero-order valence-electron chi connectivity index (χ0n) is 22.0. The van der Waals surface area contributed by atoms with Crippen LogP contribution in [0.25, 0.3) is 11.4 Å². The minimum Gasteiger partial charge on any atom is -0.490 e. The second kappa shape index (κ2) is 17.9. The van der Waals surface area contributed by atoms with Crippen LogP contribution in [0.3, 0.4) is 0 Å². The van der Waals surface area contributed by atoms with E-state index in [1.165, 1.54) is 57.8 Å². The van der Waals surface area contributed by atoms with Gasteiger partial charge in [0.05, 0.1) is 19.0 Å². The van der Waals surface area contributed by atoms with Gasteiger partial charge in [0.25, 0.3) is 0 Å². The van der Waals surface area contributed by atoms with E-state index in [0.717, 1.165) is 24.8 Å². The van der Waals surface area contributed by atoms with Crippen LogP contribution in [-0.4, -0.2) is 35.3 Å². The molecule has 1 unspecified atom stereocenters. The molecular weight excluding hydrogens is 440 g/mol. The second-order valence-electron chi connectivity index (χ2n) is 9.08. The fourth-order valence-electron chi connectivity index (χ4n) is 3.69. The van der Waals surface area contributed by atoms with Crippen LogP contribution < -0.4 is 9.47 Å². The van der Waals surface area contributed by atoms with Crippen LogP contribution in [0.15, 0.2) is 36.7 Å². The van der Waals surface area contributed by atoms with Gasteiger partial charge in [-0.15, -0.1) is 0 Å². The highest BCUT2D eigenvalue weighted by atomic mass is 16.6. The normalized spacial score (nSPS) is 11.9. The molecule has 0 saturated heterocycles. The lowest BCUT2D eigenvalue weighted by Crippen LogP contribution is -2.26. The summed E-state index contributed by atoms with van der Waals surface area (Å²) in [5, 5.41) is 0. The summed E-state index contributed by atoms with van der Waals surface area (Å²) in [4.78, 5) is 21.1. The average Bonchev–Trinajstić information content (AvgIpc) is 2.88. The molecule has 0 bridgehead atoms. The van der Waals surface area contributed by atoms with Crippen LogP contribution >= 0.6 is 0 Å². The number of benzene rings is 1. The molecule has 0 spiro atoms. The average molecular weight is 485 g/mol. The van der Waals surface area contributed by atoms with Crippen molar-refractivity contribution in [2.24, 2.45) is 0 Å². The smallest absolute Gasteiger partial charge is 0.340 e. The van der Waals surface area contributed by atoms with Gasteiger partial charge in [-0.1, -0.05) is 78.1 Å². The first kappa shape index (κ1) is 28.8. The summed E-state index contributed by atoms with van der Waals surface area (Å²) in [6.07, 6.45) is 17.4. The molecule has 0 aliphatic carbocycles. The van der Waals surface area contributed by atoms with E-state index in [1.807, 2.05) is 12.1 Å². The first-order valence-electron chi connectivity index (χ1n) is 13.5. The van der Waals surface area contributed by atoms with Crippen molar-refractivity contribution < 1.29 is 19.0 Å². The molecule has 0 N–H and O–H groups in total. The van der Waals surface area contributed by atoms with Gasteiger partial charge in [0.15, 0.2) is 17.7 Å². The van der Waals surface area contributed by atoms with Gasteiger partial charge in [0, 0.05) is 12.2 Å². The summed E-state index contributed by atoms with van der Waals surface area (Å²) >= 11 is 0. The molecule has 0 aliphatic heterocycles. The van der Waals surface area contributed by atoms with Crippen molar-refractivity contribution in [1.29, 1.82) is 0 Å². The van der Waals surface area contributed by atoms with E-state index in [-0.39, 0.29) is 5.97 Å². The maximum Gasteiger partial charge on any atom is 0.340 e. The third-order valence-electron chi connectivity index (χ3n) is 5.92. The van der Waals surface area contributed by atoms with Gasteiger partial charge in [-0.2, -0.15) is 0 Å². The van der Waals surface area contributed by atoms with E-state index in [1.54, 1.807) is 31.5 Å². The Morgan fingerprint density at radius 2 is 1.29 bits per heavy atom. The Morgan fingerprint density at radius 3 is 1.89 bits per heavy atom. The zero-order chi connectivity index (χ0) is 25.1. The van der Waals surface area contributed by atoms with Crippen molar-refractivity contribution >= 4 is 5.97 Å². The third-order valence-corrected chi connectivity index (χ3v) is 5.92. The summed E-state index contributed by atoms with van der Waals surface area (Å²) in [6.45, 7) is 7.43. The SMILES string of the molecule is CCCCCCCCCOc1cnc(-c2ccc(OC(=O)C(C)OCCCCCCC)cc2)nc1. The Hall–Kier alpha value is -2.47. The van der Waals surface area contributed by atoms with Gasteiger partial charge < -0.3 is 14.2 Å². The largest absolute Gasteiger partial charge is 0.490 e. The molecule has 2 aromatic rings. The molecule has 1 heterocycles. The summed E-state index contributed by atoms with van der Waals surface area (Å²) in [5.41, 5.74) is 0.847. The van der Waals surface area contributed by atoms with Crippen molar-refractivity contribution in [2.75, 3.05) is 13.2 Å². The predicted octanol–water partition coefficient (Wildman–Crippen LogP) is 7.55. The number of carbonyl (C=O) groups is 1. The second-order valence-corrected chi connectivity index (χ2v) is 9.08.